The lowest BCUT2D eigenvalue weighted by atomic mass is 10.2. The van der Waals surface area contributed by atoms with Gasteiger partial charge in [0, 0.05) is 0 Å². The van der Waals surface area contributed by atoms with E-state index in [9.17, 15) is 9.59 Å². The van der Waals surface area contributed by atoms with Crippen molar-refractivity contribution in [3.05, 3.63) is 71.3 Å². The lowest BCUT2D eigenvalue weighted by Crippen LogP contribution is -2.11. The van der Waals surface area contributed by atoms with Crippen molar-refractivity contribution >= 4 is 11.9 Å². The summed E-state index contributed by atoms with van der Waals surface area (Å²) in [7, 11) is 0. The van der Waals surface area contributed by atoms with Crippen molar-refractivity contribution in [2.75, 3.05) is 0 Å². The summed E-state index contributed by atoms with van der Waals surface area (Å²) in [6.07, 6.45) is 0. The van der Waals surface area contributed by atoms with Crippen LogP contribution in [0, 0.1) is 6.92 Å². The van der Waals surface area contributed by atoms with Crippen molar-refractivity contribution in [2.45, 2.75) is 6.92 Å². The Morgan fingerprint density at radius 2 is 1.21 bits per heavy atom. The Morgan fingerprint density at radius 1 is 0.737 bits per heavy atom. The van der Waals surface area contributed by atoms with E-state index >= 15 is 0 Å². The fraction of sp³-hybridized carbons (Fsp3) is 0.0667. The van der Waals surface area contributed by atoms with Gasteiger partial charge in [0.05, 0.1) is 11.1 Å². The first-order chi connectivity index (χ1) is 9.16. The molecule has 0 unspecified atom stereocenters. The molecule has 2 rings (SSSR count). The molecule has 0 spiro atoms. The van der Waals surface area contributed by atoms with E-state index in [1.54, 1.807) is 54.6 Å². The number of benzene rings is 2. The average molecular weight is 256 g/mol. The van der Waals surface area contributed by atoms with Crippen LogP contribution in [-0.2, 0) is 9.78 Å². The lowest BCUT2D eigenvalue weighted by Gasteiger charge is -2.03. The van der Waals surface area contributed by atoms with Crippen LogP contribution in [0.25, 0.3) is 0 Å². The first kappa shape index (κ1) is 12.8. The van der Waals surface area contributed by atoms with E-state index in [0.29, 0.717) is 11.1 Å². The van der Waals surface area contributed by atoms with Gasteiger partial charge in [0.1, 0.15) is 0 Å². The van der Waals surface area contributed by atoms with Crippen LogP contribution in [0.15, 0.2) is 54.6 Å². The maximum absolute atomic E-state index is 11.6. The third kappa shape index (κ3) is 3.42. The van der Waals surface area contributed by atoms with E-state index in [1.165, 1.54) is 0 Å². The molecule has 0 saturated heterocycles. The van der Waals surface area contributed by atoms with Crippen molar-refractivity contribution in [2.24, 2.45) is 0 Å². The molecule has 0 bridgehead atoms. The molecule has 0 aromatic heterocycles. The van der Waals surface area contributed by atoms with Gasteiger partial charge in [-0.1, -0.05) is 35.9 Å². The van der Waals surface area contributed by atoms with Crippen LogP contribution in [0.4, 0.5) is 0 Å². The Bertz CT molecular complexity index is 573. The van der Waals surface area contributed by atoms with E-state index in [4.69, 9.17) is 0 Å². The van der Waals surface area contributed by atoms with Gasteiger partial charge in [-0.3, -0.25) is 0 Å². The standard InChI is InChI=1S/C15H12O4/c1-11-7-9-13(10-8-11)15(17)19-18-14(16)12-5-3-2-4-6-12/h2-10H,1H3. The summed E-state index contributed by atoms with van der Waals surface area (Å²) in [4.78, 5) is 32.1. The molecule has 0 aliphatic carbocycles. The molecule has 0 amide bonds. The second-order valence-corrected chi connectivity index (χ2v) is 3.97. The third-order valence-corrected chi connectivity index (χ3v) is 2.49. The molecule has 0 saturated carbocycles. The van der Waals surface area contributed by atoms with Gasteiger partial charge in [-0.2, -0.15) is 0 Å². The molecule has 0 heterocycles. The summed E-state index contributed by atoms with van der Waals surface area (Å²) < 4.78 is 0. The zero-order chi connectivity index (χ0) is 13.7. The number of hydrogen-bond donors (Lipinski definition) is 0. The molecule has 2 aromatic carbocycles. The molecular formula is C15H12O4. The molecule has 4 heteroatoms. The fourth-order valence-corrected chi connectivity index (χ4v) is 1.44. The molecule has 0 radical (unpaired) electrons. The van der Waals surface area contributed by atoms with Gasteiger partial charge in [-0.25, -0.2) is 19.4 Å². The maximum atomic E-state index is 11.6. The van der Waals surface area contributed by atoms with Gasteiger partial charge >= 0.3 is 11.9 Å². The van der Waals surface area contributed by atoms with Gasteiger partial charge in [-0.15, -0.1) is 0 Å². The first-order valence-corrected chi connectivity index (χ1v) is 5.72. The molecule has 0 fully saturated rings. The summed E-state index contributed by atoms with van der Waals surface area (Å²) >= 11 is 0. The molecule has 0 atom stereocenters. The molecule has 4 nitrogen and oxygen atoms in total. The SMILES string of the molecule is Cc1ccc(C(=O)OOC(=O)c2ccccc2)cc1. The van der Waals surface area contributed by atoms with Gasteiger partial charge in [0.2, 0.25) is 0 Å². The minimum Gasteiger partial charge on any atom is -0.242 e. The van der Waals surface area contributed by atoms with E-state index < -0.39 is 11.9 Å². The number of hydrogen-bond acceptors (Lipinski definition) is 4. The fourth-order valence-electron chi connectivity index (χ4n) is 1.44. The minimum absolute atomic E-state index is 0.319. The van der Waals surface area contributed by atoms with Crippen LogP contribution in [0.1, 0.15) is 26.3 Å². The van der Waals surface area contributed by atoms with Crippen molar-refractivity contribution in [1.82, 2.24) is 0 Å². The van der Waals surface area contributed by atoms with E-state index in [0.717, 1.165) is 5.56 Å². The highest BCUT2D eigenvalue weighted by Gasteiger charge is 2.13. The summed E-state index contributed by atoms with van der Waals surface area (Å²) in [6.45, 7) is 1.91. The quantitative estimate of drug-likeness (QED) is 0.612. The molecule has 0 aliphatic heterocycles. The van der Waals surface area contributed by atoms with Gasteiger partial charge in [0.15, 0.2) is 0 Å². The zero-order valence-electron chi connectivity index (χ0n) is 10.3. The lowest BCUT2D eigenvalue weighted by molar-refractivity contribution is -0.187. The largest absolute Gasteiger partial charge is 0.386 e. The molecule has 19 heavy (non-hydrogen) atoms. The molecule has 96 valence electrons. The Labute approximate surface area is 110 Å². The van der Waals surface area contributed by atoms with Crippen LogP contribution in [-0.4, -0.2) is 11.9 Å². The van der Waals surface area contributed by atoms with E-state index in [1.807, 2.05) is 6.92 Å². The number of aryl methyl sites for hydroxylation is 1. The Morgan fingerprint density at radius 3 is 1.74 bits per heavy atom. The summed E-state index contributed by atoms with van der Waals surface area (Å²) in [5.41, 5.74) is 1.67. The number of carbonyl (C=O) groups is 2. The smallest absolute Gasteiger partial charge is 0.242 e. The number of carbonyl (C=O) groups excluding carboxylic acids is 2. The molecular weight excluding hydrogens is 244 g/mol. The van der Waals surface area contributed by atoms with Crippen LogP contribution < -0.4 is 0 Å². The highest BCUT2D eigenvalue weighted by atomic mass is 17.2. The second kappa shape index (κ2) is 5.82. The predicted molar refractivity (Wildman–Crippen MR) is 68.5 cm³/mol. The van der Waals surface area contributed by atoms with Crippen molar-refractivity contribution in [3.63, 3.8) is 0 Å². The topological polar surface area (TPSA) is 52.6 Å². The van der Waals surface area contributed by atoms with Crippen LogP contribution in [0.2, 0.25) is 0 Å². The van der Waals surface area contributed by atoms with Crippen LogP contribution >= 0.6 is 0 Å². The van der Waals surface area contributed by atoms with Crippen molar-refractivity contribution in [1.29, 1.82) is 0 Å². The summed E-state index contributed by atoms with van der Waals surface area (Å²) in [5, 5.41) is 0. The first-order valence-electron chi connectivity index (χ1n) is 5.72. The Kier molecular flexibility index (Phi) is 3.93. The molecule has 0 aliphatic rings. The average Bonchev–Trinajstić information content (AvgIpc) is 2.46. The maximum Gasteiger partial charge on any atom is 0.386 e. The third-order valence-electron chi connectivity index (χ3n) is 2.49. The monoisotopic (exact) mass is 256 g/mol. The van der Waals surface area contributed by atoms with E-state index in [-0.39, 0.29) is 0 Å². The van der Waals surface area contributed by atoms with Gasteiger partial charge < -0.3 is 0 Å². The Balaban J connectivity index is 1.94. The predicted octanol–water partition coefficient (Wildman–Crippen LogP) is 2.92. The molecule has 2 aromatic rings. The summed E-state index contributed by atoms with van der Waals surface area (Å²) in [5.74, 6) is -1.41. The zero-order valence-corrected chi connectivity index (χ0v) is 10.3. The minimum atomic E-state index is -0.707. The van der Waals surface area contributed by atoms with Crippen LogP contribution in [0.5, 0.6) is 0 Å². The highest BCUT2D eigenvalue weighted by Crippen LogP contribution is 2.07. The Hall–Kier alpha value is -2.62. The van der Waals surface area contributed by atoms with Crippen molar-refractivity contribution < 1.29 is 19.4 Å². The van der Waals surface area contributed by atoms with Crippen LogP contribution in [0.3, 0.4) is 0 Å². The van der Waals surface area contributed by atoms with E-state index in [2.05, 4.69) is 9.78 Å². The molecule has 0 N–H and O–H groups in total. The number of rotatable bonds is 2. The normalized spacial score (nSPS) is 9.74. The van der Waals surface area contributed by atoms with Gasteiger partial charge in [-0.05, 0) is 31.2 Å². The second-order valence-electron chi connectivity index (χ2n) is 3.97. The van der Waals surface area contributed by atoms with Gasteiger partial charge in [0.25, 0.3) is 0 Å². The highest BCUT2D eigenvalue weighted by molar-refractivity contribution is 5.92. The summed E-state index contributed by atoms with van der Waals surface area (Å²) in [6, 6.07) is 15.1. The van der Waals surface area contributed by atoms with Crippen molar-refractivity contribution in [3.8, 4) is 0 Å².